The zero-order valence-electron chi connectivity index (χ0n) is 7.46. The Balaban J connectivity index is 3.10. The maximum atomic E-state index is 5.61. The van der Waals surface area contributed by atoms with Gasteiger partial charge in [0.1, 0.15) is 0 Å². The van der Waals surface area contributed by atoms with Crippen LogP contribution in [0.4, 0.5) is 5.69 Å². The van der Waals surface area contributed by atoms with Gasteiger partial charge in [-0.25, -0.2) is 0 Å². The number of hydrogen-bond donors (Lipinski definition) is 2. The van der Waals surface area contributed by atoms with Crippen molar-refractivity contribution in [1.29, 1.82) is 0 Å². The molecule has 2 heteroatoms. The number of anilines is 1. The molecule has 0 radical (unpaired) electrons. The normalized spacial score (nSPS) is 11.7. The van der Waals surface area contributed by atoms with Gasteiger partial charge in [-0.1, -0.05) is 6.07 Å². The summed E-state index contributed by atoms with van der Waals surface area (Å²) in [5.74, 6) is 0. The number of nitrogen functional groups attached to an aromatic ring is 1. The zero-order chi connectivity index (χ0) is 9.14. The van der Waals surface area contributed by atoms with Crippen LogP contribution >= 0.6 is 0 Å². The molecule has 0 aliphatic rings. The van der Waals surface area contributed by atoms with Crippen LogP contribution in [-0.4, -0.2) is 0 Å². The average Bonchev–Trinajstić information content (AvgIpc) is 1.94. The molecule has 64 valence electrons. The highest BCUT2D eigenvalue weighted by molar-refractivity contribution is 5.59. The second kappa shape index (κ2) is 3.30. The van der Waals surface area contributed by atoms with Crippen LogP contribution < -0.4 is 11.5 Å². The second-order valence-corrected chi connectivity index (χ2v) is 3.00. The molecular weight excluding hydrogens is 148 g/mol. The van der Waals surface area contributed by atoms with Gasteiger partial charge in [0.15, 0.2) is 0 Å². The molecule has 0 saturated heterocycles. The van der Waals surface area contributed by atoms with E-state index in [0.29, 0.717) is 0 Å². The van der Waals surface area contributed by atoms with Gasteiger partial charge in [0.05, 0.1) is 0 Å². The number of aryl methyl sites for hydroxylation is 1. The molecule has 0 aliphatic heterocycles. The predicted octanol–water partition coefficient (Wildman–Crippen LogP) is 1.90. The highest BCUT2D eigenvalue weighted by atomic mass is 14.5. The molecule has 12 heavy (non-hydrogen) atoms. The van der Waals surface area contributed by atoms with Crippen molar-refractivity contribution in [1.82, 2.24) is 0 Å². The van der Waals surface area contributed by atoms with Gasteiger partial charge in [-0.3, -0.25) is 0 Å². The molecule has 0 bridgehead atoms. The summed E-state index contributed by atoms with van der Waals surface area (Å²) in [7, 11) is 0. The molecule has 1 rings (SSSR count). The fraction of sp³-hybridized carbons (Fsp3) is 0.200. The number of nitrogens with two attached hydrogens (primary N) is 2. The van der Waals surface area contributed by atoms with Gasteiger partial charge in [0.25, 0.3) is 0 Å². The zero-order valence-corrected chi connectivity index (χ0v) is 7.46. The van der Waals surface area contributed by atoms with Crippen LogP contribution in [0.5, 0.6) is 0 Å². The number of allylic oxidation sites excluding steroid dienone is 1. The van der Waals surface area contributed by atoms with Crippen LogP contribution in [0.3, 0.4) is 0 Å². The molecule has 0 aliphatic carbocycles. The first-order valence-electron chi connectivity index (χ1n) is 3.89. The van der Waals surface area contributed by atoms with Gasteiger partial charge in [-0.2, -0.15) is 0 Å². The predicted molar refractivity (Wildman–Crippen MR) is 53.4 cm³/mol. The largest absolute Gasteiger partial charge is 0.402 e. The summed E-state index contributed by atoms with van der Waals surface area (Å²) in [5, 5.41) is 0. The Morgan fingerprint density at radius 2 is 2.08 bits per heavy atom. The van der Waals surface area contributed by atoms with E-state index in [1.807, 2.05) is 38.1 Å². The monoisotopic (exact) mass is 162 g/mol. The maximum absolute atomic E-state index is 5.61. The molecule has 0 amide bonds. The van der Waals surface area contributed by atoms with E-state index in [9.17, 15) is 0 Å². The Bertz CT molecular complexity index is 310. The lowest BCUT2D eigenvalue weighted by Crippen LogP contribution is -1.92. The Morgan fingerprint density at radius 3 is 2.58 bits per heavy atom. The third kappa shape index (κ3) is 2.02. The van der Waals surface area contributed by atoms with Crippen molar-refractivity contribution in [2.45, 2.75) is 13.8 Å². The molecular formula is C10H14N2. The van der Waals surface area contributed by atoms with Gasteiger partial charge < -0.3 is 11.5 Å². The SMILES string of the molecule is C/C(N)=C\c1ccc(N)cc1C. The molecule has 0 saturated carbocycles. The maximum Gasteiger partial charge on any atom is 0.0317 e. The third-order valence-corrected chi connectivity index (χ3v) is 1.68. The quantitative estimate of drug-likeness (QED) is 0.619. The fourth-order valence-corrected chi connectivity index (χ4v) is 1.11. The van der Waals surface area contributed by atoms with Crippen molar-refractivity contribution >= 4 is 11.8 Å². The van der Waals surface area contributed by atoms with Gasteiger partial charge in [0.2, 0.25) is 0 Å². The summed E-state index contributed by atoms with van der Waals surface area (Å²) in [6.07, 6.45) is 1.94. The third-order valence-electron chi connectivity index (χ3n) is 1.68. The summed E-state index contributed by atoms with van der Waals surface area (Å²) < 4.78 is 0. The minimum Gasteiger partial charge on any atom is -0.402 e. The first kappa shape index (κ1) is 8.65. The van der Waals surface area contributed by atoms with E-state index >= 15 is 0 Å². The van der Waals surface area contributed by atoms with Crippen LogP contribution in [-0.2, 0) is 0 Å². The van der Waals surface area contributed by atoms with E-state index in [-0.39, 0.29) is 0 Å². The van der Waals surface area contributed by atoms with Crippen LogP contribution in [0, 0.1) is 6.92 Å². The van der Waals surface area contributed by atoms with Crippen LogP contribution in [0.15, 0.2) is 23.9 Å². The number of rotatable bonds is 1. The Kier molecular flexibility index (Phi) is 2.38. The standard InChI is InChI=1S/C10H14N2/c1-7-5-10(12)4-3-9(7)6-8(2)11/h3-6H,11-12H2,1-2H3/b8-6+. The molecule has 4 N–H and O–H groups in total. The highest BCUT2D eigenvalue weighted by Gasteiger charge is 1.94. The second-order valence-electron chi connectivity index (χ2n) is 3.00. The molecule has 0 unspecified atom stereocenters. The molecule has 0 spiro atoms. The summed E-state index contributed by atoms with van der Waals surface area (Å²) in [4.78, 5) is 0. The van der Waals surface area contributed by atoms with Crippen molar-refractivity contribution in [2.24, 2.45) is 5.73 Å². The first-order valence-corrected chi connectivity index (χ1v) is 3.89. The molecule has 0 heterocycles. The van der Waals surface area contributed by atoms with Crippen molar-refractivity contribution < 1.29 is 0 Å². The fourth-order valence-electron chi connectivity index (χ4n) is 1.11. The van der Waals surface area contributed by atoms with E-state index in [0.717, 1.165) is 22.5 Å². The number of hydrogen-bond acceptors (Lipinski definition) is 2. The molecule has 0 atom stereocenters. The number of benzene rings is 1. The van der Waals surface area contributed by atoms with Gasteiger partial charge in [0, 0.05) is 11.4 Å². The topological polar surface area (TPSA) is 52.0 Å². The smallest absolute Gasteiger partial charge is 0.0317 e. The Hall–Kier alpha value is -1.44. The summed E-state index contributed by atoms with van der Waals surface area (Å²) >= 11 is 0. The van der Waals surface area contributed by atoms with Gasteiger partial charge in [-0.05, 0) is 43.2 Å². The van der Waals surface area contributed by atoms with E-state index in [2.05, 4.69) is 0 Å². The lowest BCUT2D eigenvalue weighted by Gasteiger charge is -2.01. The minimum absolute atomic E-state index is 0.791. The van der Waals surface area contributed by atoms with Crippen molar-refractivity contribution in [3.05, 3.63) is 35.0 Å². The summed E-state index contributed by atoms with van der Waals surface area (Å²) in [6.45, 7) is 3.89. The first-order chi connectivity index (χ1) is 5.59. The van der Waals surface area contributed by atoms with Crippen molar-refractivity contribution in [2.75, 3.05) is 5.73 Å². The Labute approximate surface area is 72.9 Å². The molecule has 0 aromatic heterocycles. The van der Waals surface area contributed by atoms with Crippen molar-refractivity contribution in [3.63, 3.8) is 0 Å². The van der Waals surface area contributed by atoms with Crippen molar-refractivity contribution in [3.8, 4) is 0 Å². The summed E-state index contributed by atoms with van der Waals surface area (Å²) in [5.41, 5.74) is 15.0. The highest BCUT2D eigenvalue weighted by Crippen LogP contribution is 2.14. The average molecular weight is 162 g/mol. The van der Waals surface area contributed by atoms with Gasteiger partial charge in [-0.15, -0.1) is 0 Å². The molecule has 2 nitrogen and oxygen atoms in total. The lowest BCUT2D eigenvalue weighted by atomic mass is 10.1. The molecule has 1 aromatic carbocycles. The minimum atomic E-state index is 0.791. The molecule has 0 fully saturated rings. The van der Waals surface area contributed by atoms with Crippen LogP contribution in [0.2, 0.25) is 0 Å². The lowest BCUT2D eigenvalue weighted by molar-refractivity contribution is 1.33. The van der Waals surface area contributed by atoms with E-state index < -0.39 is 0 Å². The Morgan fingerprint density at radius 1 is 1.42 bits per heavy atom. The van der Waals surface area contributed by atoms with Crippen LogP contribution in [0.1, 0.15) is 18.1 Å². The van der Waals surface area contributed by atoms with E-state index in [1.165, 1.54) is 0 Å². The van der Waals surface area contributed by atoms with E-state index in [1.54, 1.807) is 0 Å². The van der Waals surface area contributed by atoms with Gasteiger partial charge >= 0.3 is 0 Å². The van der Waals surface area contributed by atoms with Crippen LogP contribution in [0.25, 0.3) is 6.08 Å². The molecule has 1 aromatic rings. The van der Waals surface area contributed by atoms with E-state index in [4.69, 9.17) is 11.5 Å². The summed E-state index contributed by atoms with van der Waals surface area (Å²) in [6, 6.07) is 5.79.